The van der Waals surface area contributed by atoms with Gasteiger partial charge in [0.05, 0.1) is 4.47 Å². The highest BCUT2D eigenvalue weighted by molar-refractivity contribution is 9.10. The minimum absolute atomic E-state index is 0.138. The van der Waals surface area contributed by atoms with E-state index in [0.29, 0.717) is 10.4 Å². The average Bonchev–Trinajstić information content (AvgIpc) is 2.78. The Bertz CT molecular complexity index is 364. The lowest BCUT2D eigenvalue weighted by Crippen LogP contribution is -2.32. The van der Waals surface area contributed by atoms with Crippen LogP contribution in [-0.4, -0.2) is 0 Å². The van der Waals surface area contributed by atoms with Gasteiger partial charge in [0.25, 0.3) is 0 Å². The molecule has 0 heterocycles. The number of hydrogen-bond donors (Lipinski definition) is 2. The first kappa shape index (κ1) is 12.0. The van der Waals surface area contributed by atoms with Gasteiger partial charge in [0, 0.05) is 6.04 Å². The first-order valence-corrected chi connectivity index (χ1v) is 6.42. The summed E-state index contributed by atoms with van der Waals surface area (Å²) in [6, 6.07) is 5.25. The lowest BCUT2D eigenvalue weighted by Gasteiger charge is -2.23. The van der Waals surface area contributed by atoms with Crippen molar-refractivity contribution in [3.05, 3.63) is 34.1 Å². The van der Waals surface area contributed by atoms with E-state index >= 15 is 0 Å². The van der Waals surface area contributed by atoms with Gasteiger partial charge < -0.3 is 0 Å². The van der Waals surface area contributed by atoms with Crippen molar-refractivity contribution in [2.24, 2.45) is 11.8 Å². The summed E-state index contributed by atoms with van der Waals surface area (Å²) in [5.74, 6) is 5.95. The predicted molar refractivity (Wildman–Crippen MR) is 66.1 cm³/mol. The summed E-state index contributed by atoms with van der Waals surface area (Å²) >= 11 is 3.21. The summed E-state index contributed by atoms with van der Waals surface area (Å²) in [7, 11) is 0. The SMILES string of the molecule is NNC(c1ccc(F)c(Br)c1)C1CCCC1. The third kappa shape index (κ3) is 2.44. The second kappa shape index (κ2) is 5.25. The summed E-state index contributed by atoms with van der Waals surface area (Å²) in [5.41, 5.74) is 3.92. The lowest BCUT2D eigenvalue weighted by atomic mass is 9.92. The lowest BCUT2D eigenvalue weighted by molar-refractivity contribution is 0.373. The molecule has 88 valence electrons. The van der Waals surface area contributed by atoms with E-state index in [2.05, 4.69) is 21.4 Å². The van der Waals surface area contributed by atoms with E-state index in [4.69, 9.17) is 5.84 Å². The molecule has 1 aromatic carbocycles. The molecule has 1 aromatic rings. The molecule has 2 nitrogen and oxygen atoms in total. The molecule has 16 heavy (non-hydrogen) atoms. The number of benzene rings is 1. The number of hydrazine groups is 1. The fourth-order valence-corrected chi connectivity index (χ4v) is 2.90. The maximum atomic E-state index is 13.1. The number of halogens is 2. The summed E-state index contributed by atoms with van der Waals surface area (Å²) in [5, 5.41) is 0. The minimum atomic E-state index is -0.231. The molecular formula is C12H16BrFN2. The summed E-state index contributed by atoms with van der Waals surface area (Å²) < 4.78 is 13.6. The van der Waals surface area contributed by atoms with Crippen LogP contribution < -0.4 is 11.3 Å². The molecule has 0 spiro atoms. The van der Waals surface area contributed by atoms with Gasteiger partial charge in [-0.15, -0.1) is 0 Å². The number of hydrogen-bond acceptors (Lipinski definition) is 2. The average molecular weight is 287 g/mol. The zero-order chi connectivity index (χ0) is 11.5. The molecule has 1 saturated carbocycles. The Morgan fingerprint density at radius 2 is 2.06 bits per heavy atom. The van der Waals surface area contributed by atoms with Gasteiger partial charge in [-0.1, -0.05) is 18.9 Å². The van der Waals surface area contributed by atoms with Crippen molar-refractivity contribution in [1.29, 1.82) is 0 Å². The summed E-state index contributed by atoms with van der Waals surface area (Å²) in [4.78, 5) is 0. The molecule has 0 saturated heterocycles. The van der Waals surface area contributed by atoms with Crippen LogP contribution in [0.15, 0.2) is 22.7 Å². The molecule has 0 aliphatic heterocycles. The first-order chi connectivity index (χ1) is 7.72. The number of nitrogens with one attached hydrogen (secondary N) is 1. The monoisotopic (exact) mass is 286 g/mol. The normalized spacial score (nSPS) is 18.9. The zero-order valence-corrected chi connectivity index (χ0v) is 10.6. The van der Waals surface area contributed by atoms with E-state index in [-0.39, 0.29) is 11.9 Å². The maximum Gasteiger partial charge on any atom is 0.137 e. The Labute approximate surface area is 104 Å². The standard InChI is InChI=1S/C12H16BrFN2/c13-10-7-9(5-6-11(10)14)12(16-15)8-3-1-2-4-8/h5-8,12,16H,1-4,15H2. The largest absolute Gasteiger partial charge is 0.271 e. The molecule has 3 N–H and O–H groups in total. The molecule has 1 aliphatic rings. The van der Waals surface area contributed by atoms with E-state index in [9.17, 15) is 4.39 Å². The van der Waals surface area contributed by atoms with Crippen LogP contribution in [0.1, 0.15) is 37.3 Å². The fourth-order valence-electron chi connectivity index (χ4n) is 2.50. The molecule has 1 atom stereocenters. The van der Waals surface area contributed by atoms with Crippen molar-refractivity contribution in [3.63, 3.8) is 0 Å². The molecule has 2 rings (SSSR count). The molecule has 0 amide bonds. The number of rotatable bonds is 3. The van der Waals surface area contributed by atoms with Gasteiger partial charge in [-0.3, -0.25) is 11.3 Å². The Kier molecular flexibility index (Phi) is 3.95. The maximum absolute atomic E-state index is 13.1. The van der Waals surface area contributed by atoms with Crippen LogP contribution in [0.4, 0.5) is 4.39 Å². The minimum Gasteiger partial charge on any atom is -0.271 e. The Balaban J connectivity index is 2.22. The van der Waals surface area contributed by atoms with Gasteiger partial charge in [-0.25, -0.2) is 4.39 Å². The second-order valence-corrected chi connectivity index (χ2v) is 5.22. The van der Waals surface area contributed by atoms with Crippen LogP contribution in [0.3, 0.4) is 0 Å². The molecule has 0 aromatic heterocycles. The Hall–Kier alpha value is -0.450. The topological polar surface area (TPSA) is 38.0 Å². The van der Waals surface area contributed by atoms with Crippen molar-refractivity contribution in [1.82, 2.24) is 5.43 Å². The van der Waals surface area contributed by atoms with Crippen molar-refractivity contribution < 1.29 is 4.39 Å². The van der Waals surface area contributed by atoms with E-state index in [1.54, 1.807) is 0 Å². The van der Waals surface area contributed by atoms with Gasteiger partial charge in [-0.2, -0.15) is 0 Å². The molecule has 0 bridgehead atoms. The van der Waals surface area contributed by atoms with Gasteiger partial charge in [0.15, 0.2) is 0 Å². The Morgan fingerprint density at radius 3 is 2.62 bits per heavy atom. The third-order valence-corrected chi connectivity index (χ3v) is 3.96. The third-order valence-electron chi connectivity index (χ3n) is 3.35. The highest BCUT2D eigenvalue weighted by atomic mass is 79.9. The van der Waals surface area contributed by atoms with Crippen molar-refractivity contribution in [2.45, 2.75) is 31.7 Å². The second-order valence-electron chi connectivity index (χ2n) is 4.36. The zero-order valence-electron chi connectivity index (χ0n) is 9.05. The number of nitrogens with two attached hydrogens (primary N) is 1. The summed E-state index contributed by atoms with van der Waals surface area (Å²) in [6.45, 7) is 0. The van der Waals surface area contributed by atoms with Crippen LogP contribution in [0, 0.1) is 11.7 Å². The van der Waals surface area contributed by atoms with Gasteiger partial charge in [0.1, 0.15) is 5.82 Å². The van der Waals surface area contributed by atoms with Crippen molar-refractivity contribution >= 4 is 15.9 Å². The molecular weight excluding hydrogens is 271 g/mol. The van der Waals surface area contributed by atoms with Crippen LogP contribution >= 0.6 is 15.9 Å². The van der Waals surface area contributed by atoms with E-state index < -0.39 is 0 Å². The van der Waals surface area contributed by atoms with Gasteiger partial charge >= 0.3 is 0 Å². The fraction of sp³-hybridized carbons (Fsp3) is 0.500. The van der Waals surface area contributed by atoms with Gasteiger partial charge in [-0.05, 0) is 52.4 Å². The van der Waals surface area contributed by atoms with E-state index in [1.165, 1.54) is 31.7 Å². The van der Waals surface area contributed by atoms with Crippen LogP contribution in [0.25, 0.3) is 0 Å². The first-order valence-electron chi connectivity index (χ1n) is 5.63. The summed E-state index contributed by atoms with van der Waals surface area (Å²) in [6.07, 6.45) is 4.93. The quantitative estimate of drug-likeness (QED) is 0.661. The van der Waals surface area contributed by atoms with Crippen LogP contribution in [0.5, 0.6) is 0 Å². The van der Waals surface area contributed by atoms with Crippen molar-refractivity contribution in [3.8, 4) is 0 Å². The predicted octanol–water partition coefficient (Wildman–Crippen LogP) is 3.28. The van der Waals surface area contributed by atoms with E-state index in [1.807, 2.05) is 12.1 Å². The molecule has 4 heteroatoms. The molecule has 1 aliphatic carbocycles. The Morgan fingerprint density at radius 1 is 1.38 bits per heavy atom. The smallest absolute Gasteiger partial charge is 0.137 e. The molecule has 1 unspecified atom stereocenters. The molecule has 1 fully saturated rings. The van der Waals surface area contributed by atoms with Gasteiger partial charge in [0.2, 0.25) is 0 Å². The van der Waals surface area contributed by atoms with Crippen LogP contribution in [0.2, 0.25) is 0 Å². The van der Waals surface area contributed by atoms with E-state index in [0.717, 1.165) is 5.56 Å². The van der Waals surface area contributed by atoms with Crippen LogP contribution in [-0.2, 0) is 0 Å². The highest BCUT2D eigenvalue weighted by Gasteiger charge is 2.25. The van der Waals surface area contributed by atoms with Crippen molar-refractivity contribution in [2.75, 3.05) is 0 Å². The molecule has 0 radical (unpaired) electrons. The highest BCUT2D eigenvalue weighted by Crippen LogP contribution is 2.36.